The molecule has 1 amide bonds. The highest BCUT2D eigenvalue weighted by Gasteiger charge is 2.35. The molecule has 1 unspecified atom stereocenters. The molecule has 0 N–H and O–H groups in total. The van der Waals surface area contributed by atoms with Crippen LogP contribution in [-0.4, -0.2) is 22.6 Å². The molecule has 0 spiro atoms. The number of aromatic nitrogens is 2. The number of carbonyl (C=O) groups is 1. The minimum atomic E-state index is -0.528. The number of benzene rings is 2. The molecule has 1 fully saturated rings. The molecule has 7 heteroatoms. The zero-order chi connectivity index (χ0) is 18.3. The van der Waals surface area contributed by atoms with E-state index in [-0.39, 0.29) is 29.0 Å². The Kier molecular flexibility index (Phi) is 4.20. The average Bonchev–Trinajstić information content (AvgIpc) is 3.22. The summed E-state index contributed by atoms with van der Waals surface area (Å²) >= 11 is 5.78. The van der Waals surface area contributed by atoms with Crippen molar-refractivity contribution in [3.63, 3.8) is 0 Å². The summed E-state index contributed by atoms with van der Waals surface area (Å²) in [5.74, 6) is -0.0899. The van der Waals surface area contributed by atoms with Gasteiger partial charge in [0.05, 0.1) is 5.69 Å². The molecule has 1 saturated heterocycles. The Labute approximate surface area is 154 Å². The molecule has 2 heterocycles. The fourth-order valence-electron chi connectivity index (χ4n) is 3.14. The van der Waals surface area contributed by atoms with Crippen LogP contribution < -0.4 is 4.90 Å². The Balaban J connectivity index is 1.59. The number of carbonyl (C=O) groups excluding carboxylic acids is 1. The molecule has 132 valence electrons. The van der Waals surface area contributed by atoms with Crippen LogP contribution >= 0.6 is 11.6 Å². The Morgan fingerprint density at radius 1 is 1.27 bits per heavy atom. The number of anilines is 1. The van der Waals surface area contributed by atoms with Crippen LogP contribution in [-0.2, 0) is 4.79 Å². The molecule has 0 bridgehead atoms. The van der Waals surface area contributed by atoms with Crippen molar-refractivity contribution in [1.82, 2.24) is 10.1 Å². The Morgan fingerprint density at radius 2 is 2.08 bits per heavy atom. The van der Waals surface area contributed by atoms with E-state index in [0.717, 1.165) is 11.1 Å². The number of amides is 1. The normalized spacial score (nSPS) is 17.1. The maximum atomic E-state index is 14.1. The summed E-state index contributed by atoms with van der Waals surface area (Å²) in [7, 11) is 0. The van der Waals surface area contributed by atoms with Gasteiger partial charge in [0.1, 0.15) is 5.82 Å². The molecule has 0 saturated carbocycles. The molecular formula is C19H15ClFN3O2. The maximum absolute atomic E-state index is 14.1. The van der Waals surface area contributed by atoms with Crippen LogP contribution in [0.15, 0.2) is 47.0 Å². The van der Waals surface area contributed by atoms with Crippen LogP contribution in [0.5, 0.6) is 0 Å². The topological polar surface area (TPSA) is 59.2 Å². The summed E-state index contributed by atoms with van der Waals surface area (Å²) in [5, 5.41) is 4.32. The fourth-order valence-corrected chi connectivity index (χ4v) is 3.30. The Bertz CT molecular complexity index is 988. The zero-order valence-corrected chi connectivity index (χ0v) is 14.7. The second-order valence-corrected chi connectivity index (χ2v) is 6.71. The minimum absolute atomic E-state index is 0.182. The van der Waals surface area contributed by atoms with Crippen LogP contribution in [0.2, 0.25) is 5.02 Å². The van der Waals surface area contributed by atoms with E-state index in [1.807, 2.05) is 31.2 Å². The third-order valence-electron chi connectivity index (χ3n) is 4.51. The lowest BCUT2D eigenvalue weighted by Gasteiger charge is -2.17. The van der Waals surface area contributed by atoms with E-state index in [0.29, 0.717) is 18.3 Å². The van der Waals surface area contributed by atoms with Gasteiger partial charge >= 0.3 is 0 Å². The van der Waals surface area contributed by atoms with Crippen LogP contribution in [0.4, 0.5) is 10.1 Å². The van der Waals surface area contributed by atoms with Crippen molar-refractivity contribution in [3.8, 4) is 11.5 Å². The number of hydrogen-bond donors (Lipinski definition) is 0. The van der Waals surface area contributed by atoms with Crippen LogP contribution in [0.3, 0.4) is 0 Å². The Morgan fingerprint density at radius 3 is 2.85 bits per heavy atom. The predicted molar refractivity (Wildman–Crippen MR) is 95.6 cm³/mol. The van der Waals surface area contributed by atoms with Gasteiger partial charge in [-0.2, -0.15) is 4.98 Å². The lowest BCUT2D eigenvalue weighted by atomic mass is 10.1. The molecule has 1 aliphatic heterocycles. The summed E-state index contributed by atoms with van der Waals surface area (Å²) in [6.07, 6.45) is 0.203. The lowest BCUT2D eigenvalue weighted by Crippen LogP contribution is -2.25. The van der Waals surface area contributed by atoms with E-state index >= 15 is 0 Å². The largest absolute Gasteiger partial charge is 0.334 e. The van der Waals surface area contributed by atoms with E-state index in [9.17, 15) is 9.18 Å². The molecule has 5 nitrogen and oxygen atoms in total. The lowest BCUT2D eigenvalue weighted by molar-refractivity contribution is -0.117. The monoisotopic (exact) mass is 371 g/mol. The van der Waals surface area contributed by atoms with E-state index < -0.39 is 5.82 Å². The summed E-state index contributed by atoms with van der Waals surface area (Å²) in [5.41, 5.74) is 2.09. The predicted octanol–water partition coefficient (Wildman–Crippen LogP) is 4.36. The molecule has 2 aromatic carbocycles. The highest BCUT2D eigenvalue weighted by atomic mass is 35.5. The molecule has 0 radical (unpaired) electrons. The van der Waals surface area contributed by atoms with Gasteiger partial charge in [-0.3, -0.25) is 4.79 Å². The minimum Gasteiger partial charge on any atom is -0.334 e. The fraction of sp³-hybridized carbons (Fsp3) is 0.211. The molecule has 0 aliphatic carbocycles. The van der Waals surface area contributed by atoms with Gasteiger partial charge < -0.3 is 9.42 Å². The first kappa shape index (κ1) is 16.7. The van der Waals surface area contributed by atoms with E-state index in [1.165, 1.54) is 17.0 Å². The molecular weight excluding hydrogens is 357 g/mol. The third kappa shape index (κ3) is 2.97. The third-order valence-corrected chi connectivity index (χ3v) is 4.74. The number of hydrogen-bond acceptors (Lipinski definition) is 4. The number of nitrogens with zero attached hydrogens (tertiary/aromatic N) is 3. The molecule has 1 aromatic heterocycles. The summed E-state index contributed by atoms with van der Waals surface area (Å²) in [6, 6.07) is 12.0. The Hall–Kier alpha value is -2.73. The van der Waals surface area contributed by atoms with E-state index in [4.69, 9.17) is 16.1 Å². The first-order valence-corrected chi connectivity index (χ1v) is 8.56. The first-order chi connectivity index (χ1) is 12.5. The summed E-state index contributed by atoms with van der Waals surface area (Å²) in [6.45, 7) is 2.26. The average molecular weight is 372 g/mol. The van der Waals surface area contributed by atoms with Crippen molar-refractivity contribution >= 4 is 23.2 Å². The van der Waals surface area contributed by atoms with Crippen molar-refractivity contribution in [2.24, 2.45) is 0 Å². The molecule has 3 aromatic rings. The van der Waals surface area contributed by atoms with Gasteiger partial charge in [-0.1, -0.05) is 35.0 Å². The highest BCUT2D eigenvalue weighted by molar-refractivity contribution is 6.30. The van der Waals surface area contributed by atoms with Gasteiger partial charge in [0.15, 0.2) is 5.82 Å². The van der Waals surface area contributed by atoms with Crippen molar-refractivity contribution in [3.05, 3.63) is 64.7 Å². The van der Waals surface area contributed by atoms with Gasteiger partial charge in [0.25, 0.3) is 5.89 Å². The van der Waals surface area contributed by atoms with Gasteiger partial charge in [-0.05, 0) is 36.8 Å². The number of rotatable bonds is 3. The van der Waals surface area contributed by atoms with Gasteiger partial charge in [-0.15, -0.1) is 0 Å². The highest BCUT2D eigenvalue weighted by Crippen LogP contribution is 2.33. The zero-order valence-electron chi connectivity index (χ0n) is 13.9. The van der Waals surface area contributed by atoms with Crippen LogP contribution in [0.25, 0.3) is 11.5 Å². The van der Waals surface area contributed by atoms with Gasteiger partial charge in [0.2, 0.25) is 5.91 Å². The van der Waals surface area contributed by atoms with E-state index in [2.05, 4.69) is 10.1 Å². The van der Waals surface area contributed by atoms with Crippen molar-refractivity contribution in [2.45, 2.75) is 19.3 Å². The smallest absolute Gasteiger partial charge is 0.258 e. The van der Waals surface area contributed by atoms with Crippen LogP contribution in [0, 0.1) is 12.7 Å². The van der Waals surface area contributed by atoms with Crippen molar-refractivity contribution in [2.75, 3.05) is 11.4 Å². The number of halogens is 2. The number of aryl methyl sites for hydroxylation is 1. The van der Waals surface area contributed by atoms with Crippen LogP contribution in [0.1, 0.15) is 23.7 Å². The molecule has 1 aliphatic rings. The van der Waals surface area contributed by atoms with E-state index in [1.54, 1.807) is 6.07 Å². The molecule has 1 atom stereocenters. The van der Waals surface area contributed by atoms with Gasteiger partial charge in [-0.25, -0.2) is 4.39 Å². The SMILES string of the molecule is Cc1ccccc1-c1nc(C2CC(=O)N(c3ccc(Cl)cc3F)C2)no1. The van der Waals surface area contributed by atoms with Crippen molar-refractivity contribution in [1.29, 1.82) is 0 Å². The van der Waals surface area contributed by atoms with Crippen molar-refractivity contribution < 1.29 is 13.7 Å². The molecule has 26 heavy (non-hydrogen) atoms. The first-order valence-electron chi connectivity index (χ1n) is 8.18. The second-order valence-electron chi connectivity index (χ2n) is 6.27. The second kappa shape index (κ2) is 6.53. The summed E-state index contributed by atoms with van der Waals surface area (Å²) in [4.78, 5) is 18.2. The maximum Gasteiger partial charge on any atom is 0.258 e. The standard InChI is InChI=1S/C19H15ClFN3O2/c1-11-4-2-3-5-14(11)19-22-18(23-26-19)12-8-17(25)24(10-12)16-7-6-13(20)9-15(16)21/h2-7,9,12H,8,10H2,1H3. The summed E-state index contributed by atoms with van der Waals surface area (Å²) < 4.78 is 19.5. The molecule has 4 rings (SSSR count). The quantitative estimate of drug-likeness (QED) is 0.686. The van der Waals surface area contributed by atoms with Gasteiger partial charge in [0, 0.05) is 29.5 Å².